The van der Waals surface area contributed by atoms with Crippen molar-refractivity contribution in [1.82, 2.24) is 4.98 Å². The Kier molecular flexibility index (Phi) is 5.93. The van der Waals surface area contributed by atoms with Gasteiger partial charge >= 0.3 is 0 Å². The first-order valence-electron chi connectivity index (χ1n) is 9.22. The number of ether oxygens (including phenoxy) is 1. The summed E-state index contributed by atoms with van der Waals surface area (Å²) in [5.74, 6) is 0.615. The van der Waals surface area contributed by atoms with Crippen molar-refractivity contribution in [1.29, 1.82) is 5.26 Å². The standard InChI is InChI=1S/C23H24N2OS/c1-5-17(12-19(13-24)16(4)26-15(2)3)23-25-14-22(27-23)21-11-7-9-18-8-6-10-20(18)21/h5,7,9,11-12,14-15H,1,6,8,10H2,2-4H3/b17-12+,19-16-. The van der Waals surface area contributed by atoms with Gasteiger partial charge in [-0.05, 0) is 62.8 Å². The highest BCUT2D eigenvalue weighted by Gasteiger charge is 2.17. The van der Waals surface area contributed by atoms with Gasteiger partial charge in [0.25, 0.3) is 0 Å². The average molecular weight is 377 g/mol. The molecule has 0 bridgehead atoms. The van der Waals surface area contributed by atoms with E-state index in [1.54, 1.807) is 17.4 Å². The van der Waals surface area contributed by atoms with Crippen LogP contribution in [0.1, 0.15) is 43.3 Å². The summed E-state index contributed by atoms with van der Waals surface area (Å²) in [4.78, 5) is 5.76. The normalized spacial score (nSPS) is 14.6. The third-order valence-corrected chi connectivity index (χ3v) is 5.68. The number of hydrogen-bond donors (Lipinski definition) is 0. The van der Waals surface area contributed by atoms with Crippen LogP contribution in [-0.4, -0.2) is 11.1 Å². The molecule has 2 aromatic rings. The molecule has 3 nitrogen and oxygen atoms in total. The van der Waals surface area contributed by atoms with E-state index < -0.39 is 0 Å². The summed E-state index contributed by atoms with van der Waals surface area (Å²) in [6.07, 6.45) is 9.04. The Morgan fingerprint density at radius 3 is 2.89 bits per heavy atom. The zero-order valence-electron chi connectivity index (χ0n) is 16.1. The zero-order valence-corrected chi connectivity index (χ0v) is 16.9. The first-order valence-corrected chi connectivity index (χ1v) is 10.0. The first-order chi connectivity index (χ1) is 13.0. The van der Waals surface area contributed by atoms with Crippen LogP contribution in [0.5, 0.6) is 0 Å². The van der Waals surface area contributed by atoms with E-state index in [-0.39, 0.29) is 6.10 Å². The van der Waals surface area contributed by atoms with Crippen molar-refractivity contribution in [3.8, 4) is 16.5 Å². The van der Waals surface area contributed by atoms with E-state index in [0.29, 0.717) is 11.3 Å². The van der Waals surface area contributed by atoms with E-state index in [4.69, 9.17) is 4.74 Å². The molecule has 4 heteroatoms. The fraction of sp³-hybridized carbons (Fsp3) is 0.304. The molecule has 27 heavy (non-hydrogen) atoms. The zero-order chi connectivity index (χ0) is 19.4. The van der Waals surface area contributed by atoms with Gasteiger partial charge in [-0.15, -0.1) is 11.3 Å². The number of thiazole rings is 1. The van der Waals surface area contributed by atoms with E-state index in [9.17, 15) is 5.26 Å². The van der Waals surface area contributed by atoms with Gasteiger partial charge in [0.05, 0.1) is 16.6 Å². The summed E-state index contributed by atoms with van der Waals surface area (Å²) in [6, 6.07) is 8.76. The first kappa shape index (κ1) is 19.1. The molecule has 1 aliphatic rings. The minimum absolute atomic E-state index is 0.0283. The second-order valence-electron chi connectivity index (χ2n) is 6.88. The van der Waals surface area contributed by atoms with Gasteiger partial charge in [0.2, 0.25) is 0 Å². The molecule has 1 aliphatic carbocycles. The van der Waals surface area contributed by atoms with Gasteiger partial charge in [-0.25, -0.2) is 4.98 Å². The third-order valence-electron chi connectivity index (χ3n) is 4.60. The van der Waals surface area contributed by atoms with Gasteiger partial charge in [0.15, 0.2) is 0 Å². The highest BCUT2D eigenvalue weighted by molar-refractivity contribution is 7.16. The minimum Gasteiger partial charge on any atom is -0.494 e. The van der Waals surface area contributed by atoms with Crippen LogP contribution >= 0.6 is 11.3 Å². The maximum Gasteiger partial charge on any atom is 0.123 e. The van der Waals surface area contributed by atoms with Gasteiger partial charge in [-0.2, -0.15) is 5.26 Å². The summed E-state index contributed by atoms with van der Waals surface area (Å²) in [7, 11) is 0. The maximum absolute atomic E-state index is 9.51. The summed E-state index contributed by atoms with van der Waals surface area (Å²) in [5.41, 5.74) is 5.53. The van der Waals surface area contributed by atoms with Crippen molar-refractivity contribution >= 4 is 16.9 Å². The Hall–Kier alpha value is -2.64. The van der Waals surface area contributed by atoms with Crippen molar-refractivity contribution in [3.05, 3.63) is 70.6 Å². The summed E-state index contributed by atoms with van der Waals surface area (Å²) < 4.78 is 5.67. The molecule has 0 saturated carbocycles. The molecule has 138 valence electrons. The Morgan fingerprint density at radius 1 is 1.37 bits per heavy atom. The lowest BCUT2D eigenvalue weighted by Gasteiger charge is -2.10. The number of aromatic nitrogens is 1. The van der Waals surface area contributed by atoms with Crippen LogP contribution in [0.3, 0.4) is 0 Å². The maximum atomic E-state index is 9.51. The molecule has 1 heterocycles. The smallest absolute Gasteiger partial charge is 0.123 e. The molecule has 0 fully saturated rings. The molecule has 0 atom stereocenters. The molecule has 0 radical (unpaired) electrons. The van der Waals surface area contributed by atoms with Crippen molar-refractivity contribution in [2.75, 3.05) is 0 Å². The number of nitrogens with zero attached hydrogens (tertiary/aromatic N) is 2. The summed E-state index contributed by atoms with van der Waals surface area (Å²) >= 11 is 1.64. The fourth-order valence-electron chi connectivity index (χ4n) is 3.38. The lowest BCUT2D eigenvalue weighted by Crippen LogP contribution is -2.01. The van der Waals surface area contributed by atoms with E-state index >= 15 is 0 Å². The Labute approximate surface area is 165 Å². The number of allylic oxidation sites excluding steroid dienone is 5. The second-order valence-corrected chi connectivity index (χ2v) is 7.91. The third kappa shape index (κ3) is 4.20. The van der Waals surface area contributed by atoms with Crippen molar-refractivity contribution < 1.29 is 4.74 Å². The SMILES string of the molecule is C=C/C(=C\C(C#N)=C(/C)OC(C)C)c1ncc(-c2cccc3c2CCC3)s1. The molecule has 0 unspecified atom stereocenters. The number of fused-ring (bicyclic) bond motifs is 1. The fourth-order valence-corrected chi connectivity index (χ4v) is 4.36. The van der Waals surface area contributed by atoms with Crippen LogP contribution in [0.2, 0.25) is 0 Å². The molecule has 0 spiro atoms. The van der Waals surface area contributed by atoms with Gasteiger partial charge in [0.1, 0.15) is 16.8 Å². The summed E-state index contributed by atoms with van der Waals surface area (Å²) in [6.45, 7) is 9.62. The van der Waals surface area contributed by atoms with Gasteiger partial charge in [-0.3, -0.25) is 0 Å². The molecular formula is C23H24N2OS. The minimum atomic E-state index is 0.0283. The van der Waals surface area contributed by atoms with Crippen LogP contribution in [0.15, 0.2) is 54.5 Å². The van der Waals surface area contributed by atoms with E-state index in [2.05, 4.69) is 35.8 Å². The highest BCUT2D eigenvalue weighted by atomic mass is 32.1. The van der Waals surface area contributed by atoms with E-state index in [1.807, 2.05) is 33.0 Å². The number of rotatable bonds is 6. The number of benzene rings is 1. The van der Waals surface area contributed by atoms with Gasteiger partial charge in [0, 0.05) is 11.8 Å². The van der Waals surface area contributed by atoms with Crippen LogP contribution in [-0.2, 0) is 17.6 Å². The molecule has 0 saturated heterocycles. The Bertz CT molecular complexity index is 957. The van der Waals surface area contributed by atoms with Crippen molar-refractivity contribution in [3.63, 3.8) is 0 Å². The quantitative estimate of drug-likeness (QED) is 0.348. The second kappa shape index (κ2) is 8.37. The molecule has 0 amide bonds. The molecule has 0 N–H and O–H groups in total. The van der Waals surface area contributed by atoms with E-state index in [0.717, 1.165) is 28.3 Å². The lowest BCUT2D eigenvalue weighted by atomic mass is 10.0. The van der Waals surface area contributed by atoms with Crippen molar-refractivity contribution in [2.24, 2.45) is 0 Å². The van der Waals surface area contributed by atoms with E-state index in [1.165, 1.54) is 23.1 Å². The molecule has 1 aromatic carbocycles. The van der Waals surface area contributed by atoms with Gasteiger partial charge < -0.3 is 4.74 Å². The predicted molar refractivity (Wildman–Crippen MR) is 112 cm³/mol. The van der Waals surface area contributed by atoms with Crippen LogP contribution in [0, 0.1) is 11.3 Å². The van der Waals surface area contributed by atoms with Crippen LogP contribution < -0.4 is 0 Å². The Balaban J connectivity index is 1.96. The monoisotopic (exact) mass is 376 g/mol. The molecule has 0 aliphatic heterocycles. The van der Waals surface area contributed by atoms with Gasteiger partial charge in [-0.1, -0.05) is 30.9 Å². The molecular weight excluding hydrogens is 352 g/mol. The van der Waals surface area contributed by atoms with Crippen LogP contribution in [0.4, 0.5) is 0 Å². The number of hydrogen-bond acceptors (Lipinski definition) is 4. The average Bonchev–Trinajstić information content (AvgIpc) is 3.31. The lowest BCUT2D eigenvalue weighted by molar-refractivity contribution is 0.148. The molecule has 1 aromatic heterocycles. The van der Waals surface area contributed by atoms with Crippen molar-refractivity contribution in [2.45, 2.75) is 46.1 Å². The highest BCUT2D eigenvalue weighted by Crippen LogP contribution is 2.37. The number of aryl methyl sites for hydroxylation is 1. The predicted octanol–water partition coefficient (Wildman–Crippen LogP) is 6.09. The van der Waals surface area contributed by atoms with Crippen LogP contribution in [0.25, 0.3) is 16.0 Å². The molecule has 3 rings (SSSR count). The Morgan fingerprint density at radius 2 is 2.19 bits per heavy atom. The summed E-state index contributed by atoms with van der Waals surface area (Å²) in [5, 5.41) is 10.4. The topological polar surface area (TPSA) is 45.9 Å². The largest absolute Gasteiger partial charge is 0.494 e. The number of nitriles is 1.